The van der Waals surface area contributed by atoms with Crippen molar-refractivity contribution in [2.45, 2.75) is 31.8 Å². The lowest BCUT2D eigenvalue weighted by atomic mass is 9.96. The van der Waals surface area contributed by atoms with Crippen LogP contribution in [-0.2, 0) is 0 Å². The summed E-state index contributed by atoms with van der Waals surface area (Å²) in [5.74, 6) is 0. The Morgan fingerprint density at radius 3 is 2.67 bits per heavy atom. The minimum Gasteiger partial charge on any atom is -0.397 e. The smallest absolute Gasteiger partial charge is 0.0603 e. The normalized spacial score (nSPS) is 24.6. The Hall–Kier alpha value is -0.930. The fourth-order valence-electron chi connectivity index (χ4n) is 2.76. The molecule has 1 fully saturated rings. The van der Waals surface area contributed by atoms with Gasteiger partial charge in [0, 0.05) is 23.7 Å². The Labute approximate surface area is 115 Å². The van der Waals surface area contributed by atoms with E-state index in [4.69, 9.17) is 17.3 Å². The summed E-state index contributed by atoms with van der Waals surface area (Å²) in [5.41, 5.74) is 7.96. The maximum Gasteiger partial charge on any atom is 0.0603 e. The van der Waals surface area contributed by atoms with Crippen molar-refractivity contribution >= 4 is 23.0 Å². The summed E-state index contributed by atoms with van der Waals surface area (Å²) in [7, 11) is 4.31. The number of piperidine rings is 1. The fraction of sp³-hybridized carbons (Fsp3) is 0.571. The van der Waals surface area contributed by atoms with Gasteiger partial charge in [-0.1, -0.05) is 11.6 Å². The van der Waals surface area contributed by atoms with Crippen LogP contribution in [0.2, 0.25) is 5.02 Å². The molecule has 0 aromatic heterocycles. The molecule has 0 amide bonds. The van der Waals surface area contributed by atoms with Gasteiger partial charge < -0.3 is 15.5 Å². The summed E-state index contributed by atoms with van der Waals surface area (Å²) in [4.78, 5) is 4.71. The van der Waals surface area contributed by atoms with E-state index < -0.39 is 0 Å². The quantitative estimate of drug-likeness (QED) is 0.837. The lowest BCUT2D eigenvalue weighted by Crippen LogP contribution is -2.47. The van der Waals surface area contributed by atoms with E-state index in [0.29, 0.717) is 17.1 Å². The third-order valence-electron chi connectivity index (χ3n) is 3.88. The molecule has 1 heterocycles. The van der Waals surface area contributed by atoms with Gasteiger partial charge in [0.05, 0.1) is 11.4 Å². The molecule has 100 valence electrons. The first-order chi connectivity index (χ1) is 8.49. The molecule has 2 atom stereocenters. The van der Waals surface area contributed by atoms with Crippen LogP contribution in [0, 0.1) is 0 Å². The number of rotatable bonds is 2. The van der Waals surface area contributed by atoms with Gasteiger partial charge in [0.15, 0.2) is 0 Å². The highest BCUT2D eigenvalue weighted by Gasteiger charge is 2.27. The van der Waals surface area contributed by atoms with E-state index in [9.17, 15) is 0 Å². The molecule has 2 rings (SSSR count). The van der Waals surface area contributed by atoms with Crippen LogP contribution in [0.1, 0.15) is 19.8 Å². The largest absolute Gasteiger partial charge is 0.397 e. The Kier molecular flexibility index (Phi) is 4.03. The minimum absolute atomic E-state index is 0.509. The molecule has 2 unspecified atom stereocenters. The standard InChI is InChI=1S/C14H22ClN3/c1-10-8-12(17(2)3)6-7-18(10)14-5-4-11(15)9-13(14)16/h4-5,9-10,12H,6-8,16H2,1-3H3. The van der Waals surface area contributed by atoms with Crippen LogP contribution in [0.3, 0.4) is 0 Å². The second-order valence-corrected chi connectivity index (χ2v) is 5.82. The summed E-state index contributed by atoms with van der Waals surface area (Å²) in [6.07, 6.45) is 2.36. The van der Waals surface area contributed by atoms with Gasteiger partial charge in [0.2, 0.25) is 0 Å². The second kappa shape index (κ2) is 5.37. The maximum absolute atomic E-state index is 6.07. The summed E-state index contributed by atoms with van der Waals surface area (Å²) in [6, 6.07) is 6.96. The van der Waals surface area contributed by atoms with Gasteiger partial charge in [-0.05, 0) is 52.1 Å². The van der Waals surface area contributed by atoms with E-state index in [-0.39, 0.29) is 0 Å². The molecule has 0 aliphatic carbocycles. The number of nitrogens with zero attached hydrogens (tertiary/aromatic N) is 2. The van der Waals surface area contributed by atoms with Gasteiger partial charge >= 0.3 is 0 Å². The molecule has 1 aromatic carbocycles. The van der Waals surface area contributed by atoms with E-state index in [1.165, 1.54) is 12.8 Å². The number of hydrogen-bond donors (Lipinski definition) is 1. The van der Waals surface area contributed by atoms with Crippen molar-refractivity contribution in [2.75, 3.05) is 31.3 Å². The number of benzene rings is 1. The highest BCUT2D eigenvalue weighted by Crippen LogP contribution is 2.32. The van der Waals surface area contributed by atoms with Gasteiger partial charge in [-0.3, -0.25) is 0 Å². The first kappa shape index (κ1) is 13.5. The Bertz CT molecular complexity index is 420. The Morgan fingerprint density at radius 1 is 1.39 bits per heavy atom. The fourth-order valence-corrected chi connectivity index (χ4v) is 2.94. The monoisotopic (exact) mass is 267 g/mol. The first-order valence-electron chi connectivity index (χ1n) is 6.47. The number of anilines is 2. The van der Waals surface area contributed by atoms with Crippen LogP contribution in [0.5, 0.6) is 0 Å². The molecule has 3 nitrogen and oxygen atoms in total. The SMILES string of the molecule is CC1CC(N(C)C)CCN1c1ccc(Cl)cc1N. The maximum atomic E-state index is 6.07. The lowest BCUT2D eigenvalue weighted by Gasteiger charge is -2.42. The average Bonchev–Trinajstić information content (AvgIpc) is 2.30. The summed E-state index contributed by atoms with van der Waals surface area (Å²) < 4.78 is 0. The number of hydrogen-bond acceptors (Lipinski definition) is 3. The molecule has 1 aromatic rings. The zero-order valence-electron chi connectivity index (χ0n) is 11.4. The number of nitrogens with two attached hydrogens (primary N) is 1. The molecule has 0 saturated carbocycles. The van der Waals surface area contributed by atoms with Gasteiger partial charge in [0.1, 0.15) is 0 Å². The summed E-state index contributed by atoms with van der Waals surface area (Å²) in [6.45, 7) is 3.32. The first-order valence-corrected chi connectivity index (χ1v) is 6.85. The van der Waals surface area contributed by atoms with Crippen molar-refractivity contribution in [1.29, 1.82) is 0 Å². The van der Waals surface area contributed by atoms with Crippen molar-refractivity contribution < 1.29 is 0 Å². The molecular weight excluding hydrogens is 246 g/mol. The molecule has 0 spiro atoms. The van der Waals surface area contributed by atoms with Crippen molar-refractivity contribution in [3.63, 3.8) is 0 Å². The van der Waals surface area contributed by atoms with E-state index >= 15 is 0 Å². The molecule has 0 bridgehead atoms. The summed E-state index contributed by atoms with van der Waals surface area (Å²) >= 11 is 5.95. The van der Waals surface area contributed by atoms with Crippen LogP contribution in [0.25, 0.3) is 0 Å². The van der Waals surface area contributed by atoms with Crippen molar-refractivity contribution in [3.8, 4) is 0 Å². The van der Waals surface area contributed by atoms with Gasteiger partial charge in [-0.25, -0.2) is 0 Å². The predicted molar refractivity (Wildman–Crippen MR) is 79.4 cm³/mol. The average molecular weight is 268 g/mol. The van der Waals surface area contributed by atoms with Crippen LogP contribution >= 0.6 is 11.6 Å². The highest BCUT2D eigenvalue weighted by atomic mass is 35.5. The predicted octanol–water partition coefficient (Wildman–Crippen LogP) is 2.84. The zero-order chi connectivity index (χ0) is 13.3. The third-order valence-corrected chi connectivity index (χ3v) is 4.11. The molecular formula is C14H22ClN3. The topological polar surface area (TPSA) is 32.5 Å². The van der Waals surface area contributed by atoms with Gasteiger partial charge in [-0.15, -0.1) is 0 Å². The zero-order valence-corrected chi connectivity index (χ0v) is 12.1. The highest BCUT2D eigenvalue weighted by molar-refractivity contribution is 6.31. The van der Waals surface area contributed by atoms with E-state index in [1.54, 1.807) is 0 Å². The lowest BCUT2D eigenvalue weighted by molar-refractivity contribution is 0.229. The number of nitrogen functional groups attached to an aromatic ring is 1. The summed E-state index contributed by atoms with van der Waals surface area (Å²) in [5, 5.41) is 0.701. The van der Waals surface area contributed by atoms with Gasteiger partial charge in [-0.2, -0.15) is 0 Å². The van der Waals surface area contributed by atoms with Crippen molar-refractivity contribution in [1.82, 2.24) is 4.90 Å². The minimum atomic E-state index is 0.509. The van der Waals surface area contributed by atoms with Crippen molar-refractivity contribution in [2.24, 2.45) is 0 Å². The van der Waals surface area contributed by atoms with Crippen LogP contribution in [0.4, 0.5) is 11.4 Å². The Morgan fingerprint density at radius 2 is 2.11 bits per heavy atom. The van der Waals surface area contributed by atoms with E-state index in [0.717, 1.165) is 17.9 Å². The molecule has 1 aliphatic heterocycles. The van der Waals surface area contributed by atoms with E-state index in [1.807, 2.05) is 18.2 Å². The molecule has 4 heteroatoms. The van der Waals surface area contributed by atoms with Crippen LogP contribution in [-0.4, -0.2) is 37.6 Å². The van der Waals surface area contributed by atoms with Crippen LogP contribution in [0.15, 0.2) is 18.2 Å². The van der Waals surface area contributed by atoms with Crippen LogP contribution < -0.4 is 10.6 Å². The van der Waals surface area contributed by atoms with Gasteiger partial charge in [0.25, 0.3) is 0 Å². The van der Waals surface area contributed by atoms with E-state index in [2.05, 4.69) is 30.8 Å². The third kappa shape index (κ3) is 2.73. The number of halogens is 1. The molecule has 2 N–H and O–H groups in total. The van der Waals surface area contributed by atoms with Crippen molar-refractivity contribution in [3.05, 3.63) is 23.2 Å². The Balaban J connectivity index is 2.15. The molecule has 18 heavy (non-hydrogen) atoms. The second-order valence-electron chi connectivity index (χ2n) is 5.39. The molecule has 1 saturated heterocycles. The molecule has 0 radical (unpaired) electrons. The molecule has 1 aliphatic rings.